The van der Waals surface area contributed by atoms with Crippen LogP contribution < -0.4 is 0 Å². The first kappa shape index (κ1) is 22.2. The van der Waals surface area contributed by atoms with Crippen molar-refractivity contribution in [2.45, 2.75) is 38.7 Å². The standard InChI is InChI=1S/C28H30FNO2/c1-20-2-8-23(9-3-20)28(24-10-12-26(29)13-11-24)25-14-16-30(17-15-25)27(32)18-21-4-6-22(19-31)7-5-21/h2-13,25,28,31H,14-19H2,1H3. The van der Waals surface area contributed by atoms with Gasteiger partial charge in [0, 0.05) is 19.0 Å². The highest BCUT2D eigenvalue weighted by Crippen LogP contribution is 2.38. The second kappa shape index (κ2) is 10.1. The number of piperidine rings is 1. The lowest BCUT2D eigenvalue weighted by molar-refractivity contribution is -0.131. The lowest BCUT2D eigenvalue weighted by atomic mass is 9.76. The first-order valence-corrected chi connectivity index (χ1v) is 11.3. The van der Waals surface area contributed by atoms with Crippen molar-refractivity contribution in [2.75, 3.05) is 13.1 Å². The van der Waals surface area contributed by atoms with Gasteiger partial charge in [-0.2, -0.15) is 0 Å². The van der Waals surface area contributed by atoms with Gasteiger partial charge < -0.3 is 10.0 Å². The summed E-state index contributed by atoms with van der Waals surface area (Å²) in [5, 5.41) is 9.18. The lowest BCUT2D eigenvalue weighted by Crippen LogP contribution is -2.40. The van der Waals surface area contributed by atoms with Crippen molar-refractivity contribution >= 4 is 5.91 Å². The summed E-state index contributed by atoms with van der Waals surface area (Å²) < 4.78 is 13.6. The molecular formula is C28H30FNO2. The van der Waals surface area contributed by atoms with E-state index >= 15 is 0 Å². The van der Waals surface area contributed by atoms with Crippen LogP contribution in [0, 0.1) is 18.7 Å². The van der Waals surface area contributed by atoms with Gasteiger partial charge in [0.05, 0.1) is 13.0 Å². The predicted molar refractivity (Wildman–Crippen MR) is 125 cm³/mol. The Kier molecular flexibility index (Phi) is 7.01. The quantitative estimate of drug-likeness (QED) is 0.580. The largest absolute Gasteiger partial charge is 0.392 e. The van der Waals surface area contributed by atoms with Crippen LogP contribution in [0.2, 0.25) is 0 Å². The SMILES string of the molecule is Cc1ccc(C(c2ccc(F)cc2)C2CCN(C(=O)Cc3ccc(CO)cc3)CC2)cc1. The minimum Gasteiger partial charge on any atom is -0.392 e. The number of carbonyl (C=O) groups is 1. The van der Waals surface area contributed by atoms with Gasteiger partial charge in [-0.05, 0) is 60.1 Å². The topological polar surface area (TPSA) is 40.5 Å². The minimum atomic E-state index is -0.219. The average Bonchev–Trinajstić information content (AvgIpc) is 2.82. The average molecular weight is 432 g/mol. The van der Waals surface area contributed by atoms with E-state index in [1.165, 1.54) is 23.3 Å². The molecule has 1 atom stereocenters. The first-order chi connectivity index (χ1) is 15.5. The van der Waals surface area contributed by atoms with Crippen LogP contribution >= 0.6 is 0 Å². The van der Waals surface area contributed by atoms with E-state index in [1.807, 2.05) is 41.3 Å². The number of rotatable bonds is 6. The van der Waals surface area contributed by atoms with Crippen LogP contribution in [0.15, 0.2) is 72.8 Å². The van der Waals surface area contributed by atoms with Crippen LogP contribution in [0.5, 0.6) is 0 Å². The molecule has 1 aliphatic heterocycles. The van der Waals surface area contributed by atoms with E-state index in [0.29, 0.717) is 12.3 Å². The van der Waals surface area contributed by atoms with Gasteiger partial charge in [-0.15, -0.1) is 0 Å². The highest BCUT2D eigenvalue weighted by molar-refractivity contribution is 5.78. The zero-order valence-corrected chi connectivity index (χ0v) is 18.5. The van der Waals surface area contributed by atoms with E-state index in [9.17, 15) is 14.3 Å². The molecule has 1 unspecified atom stereocenters. The van der Waals surface area contributed by atoms with Gasteiger partial charge >= 0.3 is 0 Å². The monoisotopic (exact) mass is 431 g/mol. The summed E-state index contributed by atoms with van der Waals surface area (Å²) in [6.07, 6.45) is 2.23. The maximum Gasteiger partial charge on any atom is 0.226 e. The van der Waals surface area contributed by atoms with Crippen LogP contribution in [0.25, 0.3) is 0 Å². The summed E-state index contributed by atoms with van der Waals surface area (Å²) in [6.45, 7) is 3.57. The van der Waals surface area contributed by atoms with Gasteiger partial charge in [0.15, 0.2) is 0 Å². The van der Waals surface area contributed by atoms with Crippen LogP contribution in [0.3, 0.4) is 0 Å². The molecule has 4 rings (SSSR count). The molecule has 3 aromatic rings. The molecule has 1 heterocycles. The number of carbonyl (C=O) groups excluding carboxylic acids is 1. The molecule has 0 saturated carbocycles. The first-order valence-electron chi connectivity index (χ1n) is 11.3. The molecule has 1 fully saturated rings. The summed E-state index contributed by atoms with van der Waals surface area (Å²) in [5.74, 6) is 0.522. The molecule has 1 aliphatic rings. The Morgan fingerprint density at radius 3 is 2.00 bits per heavy atom. The number of halogens is 1. The highest BCUT2D eigenvalue weighted by Gasteiger charge is 2.30. The van der Waals surface area contributed by atoms with Crippen LogP contribution in [0.1, 0.15) is 46.6 Å². The molecule has 1 N–H and O–H groups in total. The van der Waals surface area contributed by atoms with Crippen molar-refractivity contribution in [3.05, 3.63) is 106 Å². The van der Waals surface area contributed by atoms with E-state index in [1.54, 1.807) is 0 Å². The summed E-state index contributed by atoms with van der Waals surface area (Å²) in [6, 6.07) is 23.0. The fourth-order valence-electron chi connectivity index (χ4n) is 4.71. The number of benzene rings is 3. The second-order valence-electron chi connectivity index (χ2n) is 8.81. The Morgan fingerprint density at radius 1 is 0.906 bits per heavy atom. The zero-order chi connectivity index (χ0) is 22.5. The molecule has 0 aliphatic carbocycles. The molecule has 3 aromatic carbocycles. The molecule has 32 heavy (non-hydrogen) atoms. The number of aliphatic hydroxyl groups is 1. The van der Waals surface area contributed by atoms with Crippen molar-refractivity contribution in [3.63, 3.8) is 0 Å². The number of aryl methyl sites for hydroxylation is 1. The molecule has 0 radical (unpaired) electrons. The zero-order valence-electron chi connectivity index (χ0n) is 18.5. The third kappa shape index (κ3) is 5.25. The normalized spacial score (nSPS) is 15.5. The summed E-state index contributed by atoms with van der Waals surface area (Å²) in [5.41, 5.74) is 5.42. The number of hydrogen-bond donors (Lipinski definition) is 1. The van der Waals surface area contributed by atoms with Crippen molar-refractivity contribution in [1.82, 2.24) is 4.90 Å². The number of amides is 1. The maximum atomic E-state index is 13.6. The maximum absolute atomic E-state index is 13.6. The number of aliphatic hydroxyl groups excluding tert-OH is 1. The van der Waals surface area contributed by atoms with Crippen LogP contribution in [0.4, 0.5) is 4.39 Å². The van der Waals surface area contributed by atoms with Crippen molar-refractivity contribution in [2.24, 2.45) is 5.92 Å². The number of hydrogen-bond acceptors (Lipinski definition) is 2. The van der Waals surface area contributed by atoms with E-state index in [4.69, 9.17) is 0 Å². The molecule has 0 bridgehead atoms. The van der Waals surface area contributed by atoms with Crippen LogP contribution in [-0.2, 0) is 17.8 Å². The summed E-state index contributed by atoms with van der Waals surface area (Å²) in [7, 11) is 0. The number of likely N-dealkylation sites (tertiary alicyclic amines) is 1. The van der Waals surface area contributed by atoms with E-state index in [2.05, 4.69) is 31.2 Å². The molecular weight excluding hydrogens is 401 g/mol. The van der Waals surface area contributed by atoms with Gasteiger partial charge in [-0.3, -0.25) is 4.79 Å². The Hall–Kier alpha value is -2.98. The molecule has 0 aromatic heterocycles. The van der Waals surface area contributed by atoms with Gasteiger partial charge in [0.2, 0.25) is 5.91 Å². The Bertz CT molecular complexity index is 975. The van der Waals surface area contributed by atoms with Crippen molar-refractivity contribution < 1.29 is 14.3 Å². The van der Waals surface area contributed by atoms with Crippen molar-refractivity contribution in [3.8, 4) is 0 Å². The van der Waals surface area contributed by atoms with E-state index in [0.717, 1.165) is 42.6 Å². The Labute approximate surface area is 189 Å². The lowest BCUT2D eigenvalue weighted by Gasteiger charge is -2.37. The Balaban J connectivity index is 1.45. The van der Waals surface area contributed by atoms with Crippen LogP contribution in [-0.4, -0.2) is 29.0 Å². The molecule has 0 spiro atoms. The Morgan fingerprint density at radius 2 is 1.44 bits per heavy atom. The molecule has 1 amide bonds. The molecule has 166 valence electrons. The molecule has 4 heteroatoms. The van der Waals surface area contributed by atoms with Gasteiger partial charge in [-0.1, -0.05) is 66.2 Å². The summed E-state index contributed by atoms with van der Waals surface area (Å²) in [4.78, 5) is 14.8. The number of nitrogens with zero attached hydrogens (tertiary/aromatic N) is 1. The molecule has 1 saturated heterocycles. The minimum absolute atomic E-state index is 0.0119. The van der Waals surface area contributed by atoms with E-state index in [-0.39, 0.29) is 24.2 Å². The van der Waals surface area contributed by atoms with Crippen molar-refractivity contribution in [1.29, 1.82) is 0 Å². The van der Waals surface area contributed by atoms with Gasteiger partial charge in [-0.25, -0.2) is 4.39 Å². The van der Waals surface area contributed by atoms with E-state index < -0.39 is 0 Å². The fraction of sp³-hybridized carbons (Fsp3) is 0.321. The van der Waals surface area contributed by atoms with Gasteiger partial charge in [0.1, 0.15) is 5.82 Å². The van der Waals surface area contributed by atoms with Gasteiger partial charge in [0.25, 0.3) is 0 Å². The predicted octanol–water partition coefficient (Wildman–Crippen LogP) is 5.24. The highest BCUT2D eigenvalue weighted by atomic mass is 19.1. The second-order valence-corrected chi connectivity index (χ2v) is 8.81. The summed E-state index contributed by atoms with van der Waals surface area (Å²) >= 11 is 0. The third-order valence-corrected chi connectivity index (χ3v) is 6.59. The fourth-order valence-corrected chi connectivity index (χ4v) is 4.71. The smallest absolute Gasteiger partial charge is 0.226 e. The molecule has 3 nitrogen and oxygen atoms in total. The third-order valence-electron chi connectivity index (χ3n) is 6.59.